The molecule has 15 heavy (non-hydrogen) atoms. The lowest BCUT2D eigenvalue weighted by molar-refractivity contribution is -0.142. The quantitative estimate of drug-likeness (QED) is 0.626. The molecule has 0 unspecified atom stereocenters. The van der Waals surface area contributed by atoms with Crippen molar-refractivity contribution in [2.45, 2.75) is 13.3 Å². The summed E-state index contributed by atoms with van der Waals surface area (Å²) in [5.41, 5.74) is 0.655. The van der Waals surface area contributed by atoms with Crippen molar-refractivity contribution in [3.05, 3.63) is 32.2 Å². The first-order chi connectivity index (χ1) is 7.06. The zero-order chi connectivity index (χ0) is 11.4. The predicted octanol–water partition coefficient (Wildman–Crippen LogP) is 3.86. The van der Waals surface area contributed by atoms with Crippen LogP contribution in [-0.2, 0) is 16.0 Å². The highest BCUT2D eigenvalue weighted by atomic mass is 79.9. The highest BCUT2D eigenvalue weighted by molar-refractivity contribution is 9.10. The van der Waals surface area contributed by atoms with Gasteiger partial charge in [-0.05, 0) is 24.6 Å². The number of carbonyl (C=O) groups excluding carboxylic acids is 1. The van der Waals surface area contributed by atoms with E-state index in [1.54, 1.807) is 19.1 Å². The second-order valence-corrected chi connectivity index (χ2v) is 4.44. The number of esters is 1. The van der Waals surface area contributed by atoms with E-state index in [1.165, 1.54) is 0 Å². The van der Waals surface area contributed by atoms with Crippen LogP contribution < -0.4 is 0 Å². The lowest BCUT2D eigenvalue weighted by Crippen LogP contribution is -2.08. The summed E-state index contributed by atoms with van der Waals surface area (Å²) in [6, 6.07) is 3.42. The molecule has 0 heterocycles. The maximum atomic E-state index is 11.3. The van der Waals surface area contributed by atoms with Gasteiger partial charge in [0.25, 0.3) is 0 Å². The van der Waals surface area contributed by atoms with E-state index >= 15 is 0 Å². The Morgan fingerprint density at radius 3 is 2.73 bits per heavy atom. The van der Waals surface area contributed by atoms with Crippen LogP contribution in [0.25, 0.3) is 0 Å². The van der Waals surface area contributed by atoms with Gasteiger partial charge in [0.05, 0.1) is 23.1 Å². The molecule has 82 valence electrons. The summed E-state index contributed by atoms with van der Waals surface area (Å²) in [5, 5.41) is 0.818. The number of carbonyl (C=O) groups is 1. The van der Waals surface area contributed by atoms with Gasteiger partial charge in [0.15, 0.2) is 0 Å². The predicted molar refractivity (Wildman–Crippen MR) is 64.5 cm³/mol. The first-order valence-corrected chi connectivity index (χ1v) is 5.89. The van der Waals surface area contributed by atoms with Gasteiger partial charge in [-0.2, -0.15) is 0 Å². The van der Waals surface area contributed by atoms with E-state index in [1.807, 2.05) is 0 Å². The van der Waals surface area contributed by atoms with Crippen molar-refractivity contribution in [3.63, 3.8) is 0 Å². The Hall–Kier alpha value is -0.250. The molecule has 0 saturated heterocycles. The lowest BCUT2D eigenvalue weighted by Gasteiger charge is -2.07. The smallest absolute Gasteiger partial charge is 0.310 e. The second-order valence-electron chi connectivity index (χ2n) is 2.80. The van der Waals surface area contributed by atoms with E-state index in [2.05, 4.69) is 15.9 Å². The maximum absolute atomic E-state index is 11.3. The van der Waals surface area contributed by atoms with Crippen LogP contribution in [0.4, 0.5) is 0 Å². The first kappa shape index (κ1) is 12.8. The normalized spacial score (nSPS) is 10.1. The van der Waals surface area contributed by atoms with Gasteiger partial charge in [-0.15, -0.1) is 0 Å². The minimum atomic E-state index is -0.317. The van der Waals surface area contributed by atoms with Gasteiger partial charge in [0, 0.05) is 4.47 Å². The molecule has 0 fully saturated rings. The Bertz CT molecular complexity index is 380. The van der Waals surface area contributed by atoms with Crippen molar-refractivity contribution in [1.82, 2.24) is 0 Å². The fraction of sp³-hybridized carbons (Fsp3) is 0.300. The number of hydrogen-bond acceptors (Lipinski definition) is 2. The van der Waals surface area contributed by atoms with Gasteiger partial charge in [0.2, 0.25) is 0 Å². The molecule has 0 aliphatic rings. The van der Waals surface area contributed by atoms with Crippen LogP contribution in [-0.4, -0.2) is 12.6 Å². The van der Waals surface area contributed by atoms with Gasteiger partial charge in [-0.25, -0.2) is 0 Å². The van der Waals surface area contributed by atoms with Crippen LogP contribution in [0.15, 0.2) is 16.6 Å². The van der Waals surface area contributed by atoms with Crippen LogP contribution in [0.1, 0.15) is 12.5 Å². The van der Waals surface area contributed by atoms with Crippen molar-refractivity contribution in [2.75, 3.05) is 6.61 Å². The summed E-state index contributed by atoms with van der Waals surface area (Å²) in [7, 11) is 0. The molecule has 0 saturated carbocycles. The summed E-state index contributed by atoms with van der Waals surface area (Å²) < 4.78 is 5.59. The summed E-state index contributed by atoms with van der Waals surface area (Å²) in [6.45, 7) is 2.11. The molecule has 0 atom stereocenters. The molecule has 0 amide bonds. The Balaban J connectivity index is 2.93. The Kier molecular flexibility index (Phi) is 4.90. The monoisotopic (exact) mass is 310 g/mol. The molecule has 1 aromatic rings. The van der Waals surface area contributed by atoms with Crippen LogP contribution in [0.2, 0.25) is 10.0 Å². The van der Waals surface area contributed by atoms with Crippen molar-refractivity contribution in [2.24, 2.45) is 0 Å². The highest BCUT2D eigenvalue weighted by Gasteiger charge is 2.13. The molecular formula is C10H9BrCl2O2. The topological polar surface area (TPSA) is 26.3 Å². The zero-order valence-corrected chi connectivity index (χ0v) is 11.1. The number of ether oxygens (including phenoxy) is 1. The lowest BCUT2D eigenvalue weighted by atomic mass is 10.1. The molecule has 0 spiro atoms. The number of halogens is 3. The summed E-state index contributed by atoms with van der Waals surface area (Å²) >= 11 is 15.1. The third kappa shape index (κ3) is 3.37. The minimum absolute atomic E-state index is 0.119. The van der Waals surface area contributed by atoms with Gasteiger partial charge >= 0.3 is 5.97 Å². The Morgan fingerprint density at radius 2 is 2.13 bits per heavy atom. The van der Waals surface area contributed by atoms with Gasteiger partial charge < -0.3 is 4.74 Å². The number of benzene rings is 1. The summed E-state index contributed by atoms with van der Waals surface area (Å²) in [6.07, 6.45) is 0.119. The van der Waals surface area contributed by atoms with Gasteiger partial charge in [-0.1, -0.05) is 39.1 Å². The van der Waals surface area contributed by atoms with E-state index in [9.17, 15) is 4.79 Å². The molecule has 0 aliphatic carbocycles. The molecule has 1 aromatic carbocycles. The largest absolute Gasteiger partial charge is 0.466 e. The van der Waals surface area contributed by atoms with Crippen molar-refractivity contribution in [1.29, 1.82) is 0 Å². The number of hydrogen-bond donors (Lipinski definition) is 0. The highest BCUT2D eigenvalue weighted by Crippen LogP contribution is 2.32. The average molecular weight is 312 g/mol. The van der Waals surface area contributed by atoms with Gasteiger partial charge in [0.1, 0.15) is 0 Å². The molecule has 0 bridgehead atoms. The van der Waals surface area contributed by atoms with Crippen LogP contribution in [0.3, 0.4) is 0 Å². The average Bonchev–Trinajstić information content (AvgIpc) is 2.19. The molecule has 0 aliphatic heterocycles. The molecule has 1 rings (SSSR count). The van der Waals surface area contributed by atoms with E-state index in [0.717, 1.165) is 4.47 Å². The second kappa shape index (κ2) is 5.73. The third-order valence-electron chi connectivity index (χ3n) is 1.77. The summed E-state index contributed by atoms with van der Waals surface area (Å²) in [5.74, 6) is -0.317. The van der Waals surface area contributed by atoms with Crippen LogP contribution in [0, 0.1) is 0 Å². The van der Waals surface area contributed by atoms with E-state index in [0.29, 0.717) is 22.2 Å². The molecule has 2 nitrogen and oxygen atoms in total. The SMILES string of the molecule is CCOC(=O)Cc1c(Br)ccc(Cl)c1Cl. The third-order valence-corrected chi connectivity index (χ3v) is 3.35. The first-order valence-electron chi connectivity index (χ1n) is 4.34. The van der Waals surface area contributed by atoms with E-state index < -0.39 is 0 Å². The molecule has 5 heteroatoms. The fourth-order valence-electron chi connectivity index (χ4n) is 1.09. The minimum Gasteiger partial charge on any atom is -0.466 e. The summed E-state index contributed by atoms with van der Waals surface area (Å²) in [4.78, 5) is 11.3. The molecule has 0 N–H and O–H groups in total. The Morgan fingerprint density at radius 1 is 1.47 bits per heavy atom. The van der Waals surface area contributed by atoms with Gasteiger partial charge in [-0.3, -0.25) is 4.79 Å². The number of rotatable bonds is 3. The van der Waals surface area contributed by atoms with E-state index in [4.69, 9.17) is 27.9 Å². The van der Waals surface area contributed by atoms with Crippen molar-refractivity contribution < 1.29 is 9.53 Å². The van der Waals surface area contributed by atoms with Crippen molar-refractivity contribution >= 4 is 45.1 Å². The standard InChI is InChI=1S/C10H9BrCl2O2/c1-2-15-9(14)5-6-7(11)3-4-8(12)10(6)13/h3-4H,2,5H2,1H3. The van der Waals surface area contributed by atoms with Crippen LogP contribution in [0.5, 0.6) is 0 Å². The van der Waals surface area contributed by atoms with Crippen molar-refractivity contribution in [3.8, 4) is 0 Å². The molecule has 0 aromatic heterocycles. The Labute approximate surface area is 107 Å². The zero-order valence-electron chi connectivity index (χ0n) is 8.02. The molecular weight excluding hydrogens is 303 g/mol. The van der Waals surface area contributed by atoms with Crippen LogP contribution >= 0.6 is 39.1 Å². The fourth-order valence-corrected chi connectivity index (χ4v) is 2.08. The molecule has 0 radical (unpaired) electrons. The maximum Gasteiger partial charge on any atom is 0.310 e. The van der Waals surface area contributed by atoms with E-state index in [-0.39, 0.29) is 12.4 Å².